The van der Waals surface area contributed by atoms with Crippen molar-refractivity contribution < 1.29 is 13.2 Å². The third-order valence-corrected chi connectivity index (χ3v) is 8.57. The van der Waals surface area contributed by atoms with Crippen LogP contribution in [-0.2, 0) is 14.8 Å². The second-order valence-electron chi connectivity index (χ2n) is 9.29. The number of aromatic nitrogens is 2. The van der Waals surface area contributed by atoms with Crippen LogP contribution in [0.2, 0.25) is 0 Å². The third kappa shape index (κ3) is 5.47. The lowest BCUT2D eigenvalue weighted by Crippen LogP contribution is -2.35. The number of nitrogens with one attached hydrogen (secondary N) is 3. The smallest absolute Gasteiger partial charge is 0.269 e. The van der Waals surface area contributed by atoms with Gasteiger partial charge in [0.05, 0.1) is 22.5 Å². The summed E-state index contributed by atoms with van der Waals surface area (Å²) in [4.78, 5) is 17.5. The third-order valence-electron chi connectivity index (χ3n) is 6.89. The number of fused-ring (bicyclic) bond motifs is 1. The zero-order valence-corrected chi connectivity index (χ0v) is 21.2. The standard InChI is InChI=1S/C25H31N5O3S.ClH/c31-23(16-18-6-4-5-7-18)29-22-17-27-25-21(24(22)28-19-10-13-26-14-11-19)12-15-30(25)34(32,33)20-8-2-1-3-9-20;/h1-3,8-9,12,15,17-19,26H,4-7,10-11,13-14,16H2,(H,27,28)(H,29,31);1H. The Morgan fingerprint density at radius 1 is 1.06 bits per heavy atom. The molecule has 0 radical (unpaired) electrons. The van der Waals surface area contributed by atoms with E-state index in [1.54, 1.807) is 42.6 Å². The average molecular weight is 518 g/mol. The predicted octanol–water partition coefficient (Wildman–Crippen LogP) is 4.38. The second-order valence-corrected chi connectivity index (χ2v) is 11.1. The minimum atomic E-state index is -3.79. The summed E-state index contributed by atoms with van der Waals surface area (Å²) in [7, 11) is -3.79. The fourth-order valence-electron chi connectivity index (χ4n) is 5.06. The molecule has 5 rings (SSSR count). The molecule has 1 amide bonds. The molecule has 1 saturated heterocycles. The molecule has 35 heavy (non-hydrogen) atoms. The number of hydrogen-bond donors (Lipinski definition) is 3. The van der Waals surface area contributed by atoms with Gasteiger partial charge in [-0.05, 0) is 62.9 Å². The van der Waals surface area contributed by atoms with Gasteiger partial charge >= 0.3 is 0 Å². The zero-order valence-electron chi connectivity index (χ0n) is 19.6. The van der Waals surface area contributed by atoms with Crippen molar-refractivity contribution in [1.29, 1.82) is 0 Å². The maximum absolute atomic E-state index is 13.3. The van der Waals surface area contributed by atoms with Gasteiger partial charge in [0.25, 0.3) is 10.0 Å². The first kappa shape index (κ1) is 25.5. The van der Waals surface area contributed by atoms with Crippen molar-refractivity contribution in [2.24, 2.45) is 5.92 Å². The normalized spacial score (nSPS) is 17.3. The van der Waals surface area contributed by atoms with Crippen LogP contribution >= 0.6 is 12.4 Å². The summed E-state index contributed by atoms with van der Waals surface area (Å²) in [6, 6.07) is 10.3. The van der Waals surface area contributed by atoms with Gasteiger partial charge in [0, 0.05) is 24.0 Å². The van der Waals surface area contributed by atoms with E-state index in [-0.39, 0.29) is 29.3 Å². The number of benzene rings is 1. The van der Waals surface area contributed by atoms with Crippen molar-refractivity contribution in [3.8, 4) is 0 Å². The van der Waals surface area contributed by atoms with Gasteiger partial charge in [0.2, 0.25) is 5.91 Å². The van der Waals surface area contributed by atoms with Crippen LogP contribution in [0.4, 0.5) is 11.4 Å². The number of halogens is 1. The van der Waals surface area contributed by atoms with E-state index in [2.05, 4.69) is 20.9 Å². The van der Waals surface area contributed by atoms with Crippen molar-refractivity contribution in [2.45, 2.75) is 55.9 Å². The van der Waals surface area contributed by atoms with Gasteiger partial charge in [0.15, 0.2) is 5.65 Å². The Hall–Kier alpha value is -2.62. The SMILES string of the molecule is Cl.O=C(CC1CCCC1)Nc1cnc2c(ccn2S(=O)(=O)c2ccccc2)c1NC1CCNCC1. The molecule has 2 fully saturated rings. The number of piperidine rings is 1. The molecule has 1 aliphatic carbocycles. The first-order valence-electron chi connectivity index (χ1n) is 12.1. The van der Waals surface area contributed by atoms with E-state index in [9.17, 15) is 13.2 Å². The molecule has 2 aliphatic rings. The molecule has 1 aromatic carbocycles. The Kier molecular flexibility index (Phi) is 7.98. The minimum Gasteiger partial charge on any atom is -0.380 e. The zero-order chi connectivity index (χ0) is 23.5. The molecule has 0 unspecified atom stereocenters. The summed E-state index contributed by atoms with van der Waals surface area (Å²) in [6.45, 7) is 1.83. The Bertz CT molecular complexity index is 1270. The Labute approximate surface area is 212 Å². The second kappa shape index (κ2) is 11.0. The number of anilines is 2. The van der Waals surface area contributed by atoms with Crippen molar-refractivity contribution in [3.63, 3.8) is 0 Å². The fourth-order valence-corrected chi connectivity index (χ4v) is 6.38. The summed E-state index contributed by atoms with van der Waals surface area (Å²) in [5.74, 6) is 0.423. The summed E-state index contributed by atoms with van der Waals surface area (Å²) in [5.41, 5.74) is 1.68. The lowest BCUT2D eigenvalue weighted by molar-refractivity contribution is -0.117. The van der Waals surface area contributed by atoms with Crippen LogP contribution in [0, 0.1) is 5.92 Å². The molecule has 3 heterocycles. The topological polar surface area (TPSA) is 105 Å². The number of carbonyl (C=O) groups excluding carboxylic acids is 1. The fraction of sp³-hybridized carbons (Fsp3) is 0.440. The van der Waals surface area contributed by atoms with Gasteiger partial charge in [-0.15, -0.1) is 12.4 Å². The molecular formula is C25H32ClN5O3S. The first-order chi connectivity index (χ1) is 16.5. The van der Waals surface area contributed by atoms with E-state index in [1.807, 2.05) is 0 Å². The summed E-state index contributed by atoms with van der Waals surface area (Å²) >= 11 is 0. The largest absolute Gasteiger partial charge is 0.380 e. The molecule has 3 N–H and O–H groups in total. The number of carbonyl (C=O) groups is 1. The highest BCUT2D eigenvalue weighted by atomic mass is 35.5. The molecule has 2 aromatic heterocycles. The lowest BCUT2D eigenvalue weighted by Gasteiger charge is -2.26. The Morgan fingerprint density at radius 3 is 2.49 bits per heavy atom. The van der Waals surface area contributed by atoms with Crippen LogP contribution in [0.25, 0.3) is 11.0 Å². The highest BCUT2D eigenvalue weighted by Gasteiger charge is 2.25. The van der Waals surface area contributed by atoms with E-state index < -0.39 is 10.0 Å². The first-order valence-corrected chi connectivity index (χ1v) is 13.5. The van der Waals surface area contributed by atoms with Gasteiger partial charge in [-0.2, -0.15) is 0 Å². The molecule has 3 aromatic rings. The van der Waals surface area contributed by atoms with Crippen LogP contribution in [-0.4, -0.2) is 42.4 Å². The van der Waals surface area contributed by atoms with Crippen molar-refractivity contribution in [1.82, 2.24) is 14.3 Å². The minimum absolute atomic E-state index is 0. The highest BCUT2D eigenvalue weighted by Crippen LogP contribution is 2.34. The summed E-state index contributed by atoms with van der Waals surface area (Å²) in [6.07, 6.45) is 10.1. The van der Waals surface area contributed by atoms with Gasteiger partial charge in [-0.1, -0.05) is 31.0 Å². The lowest BCUT2D eigenvalue weighted by atomic mass is 10.0. The van der Waals surface area contributed by atoms with Crippen LogP contribution in [0.5, 0.6) is 0 Å². The molecule has 0 spiro atoms. The number of pyridine rings is 1. The predicted molar refractivity (Wildman–Crippen MR) is 141 cm³/mol. The van der Waals surface area contributed by atoms with E-state index in [0.29, 0.717) is 29.1 Å². The molecule has 188 valence electrons. The average Bonchev–Trinajstić information content (AvgIpc) is 3.52. The Morgan fingerprint density at radius 2 is 1.77 bits per heavy atom. The van der Waals surface area contributed by atoms with Gasteiger partial charge in [0.1, 0.15) is 0 Å². The maximum atomic E-state index is 13.3. The molecule has 0 bridgehead atoms. The molecule has 8 nitrogen and oxygen atoms in total. The monoisotopic (exact) mass is 517 g/mol. The van der Waals surface area contributed by atoms with E-state index in [1.165, 1.54) is 23.0 Å². The molecular weight excluding hydrogens is 486 g/mol. The van der Waals surface area contributed by atoms with E-state index in [0.717, 1.165) is 44.5 Å². The van der Waals surface area contributed by atoms with E-state index in [4.69, 9.17) is 0 Å². The van der Waals surface area contributed by atoms with Gasteiger partial charge in [-0.3, -0.25) is 4.79 Å². The van der Waals surface area contributed by atoms with Crippen LogP contribution < -0.4 is 16.0 Å². The number of nitrogens with zero attached hydrogens (tertiary/aromatic N) is 2. The highest BCUT2D eigenvalue weighted by molar-refractivity contribution is 7.90. The number of rotatable bonds is 7. The van der Waals surface area contributed by atoms with Crippen molar-refractivity contribution >= 4 is 50.7 Å². The van der Waals surface area contributed by atoms with Gasteiger partial charge < -0.3 is 16.0 Å². The Balaban J connectivity index is 0.00000289. The van der Waals surface area contributed by atoms with E-state index >= 15 is 0 Å². The molecule has 0 atom stereocenters. The van der Waals surface area contributed by atoms with Crippen molar-refractivity contribution in [3.05, 3.63) is 48.8 Å². The van der Waals surface area contributed by atoms with Crippen molar-refractivity contribution in [2.75, 3.05) is 23.7 Å². The molecule has 10 heteroatoms. The number of amides is 1. The maximum Gasteiger partial charge on any atom is 0.269 e. The molecule has 1 saturated carbocycles. The van der Waals surface area contributed by atoms with Crippen LogP contribution in [0.15, 0.2) is 53.7 Å². The summed E-state index contributed by atoms with van der Waals surface area (Å²) < 4.78 is 27.8. The van der Waals surface area contributed by atoms with Gasteiger partial charge in [-0.25, -0.2) is 17.4 Å². The quantitative estimate of drug-likeness (QED) is 0.429. The number of hydrogen-bond acceptors (Lipinski definition) is 6. The van der Waals surface area contributed by atoms with Crippen LogP contribution in [0.3, 0.4) is 0 Å². The summed E-state index contributed by atoms with van der Waals surface area (Å²) in [5, 5.41) is 10.7. The molecule has 1 aliphatic heterocycles. The van der Waals surface area contributed by atoms with Crippen LogP contribution in [0.1, 0.15) is 44.9 Å².